The lowest BCUT2D eigenvalue weighted by Gasteiger charge is -2.23. The molecule has 0 aliphatic heterocycles. The Morgan fingerprint density at radius 3 is 2.65 bits per heavy atom. The van der Waals surface area contributed by atoms with Crippen LogP contribution in [0.1, 0.15) is 24.2 Å². The van der Waals surface area contributed by atoms with Crippen molar-refractivity contribution in [2.75, 3.05) is 6.61 Å². The monoisotopic (exact) mass is 335 g/mol. The standard InChI is InChI=1S/C16H18BrNO2/c1-2-20-16(13-6-4-3-5-7-13)15(19)9-12-8-14(17)11-18-10-12/h3-8,10-11,15-16,19H,2,9H2,1H3. The van der Waals surface area contributed by atoms with E-state index < -0.39 is 6.10 Å². The van der Waals surface area contributed by atoms with Crippen LogP contribution in [0.5, 0.6) is 0 Å². The fourth-order valence-corrected chi connectivity index (χ4v) is 2.58. The fraction of sp³-hybridized carbons (Fsp3) is 0.312. The van der Waals surface area contributed by atoms with Gasteiger partial charge in [0, 0.05) is 29.9 Å². The molecule has 0 spiro atoms. The van der Waals surface area contributed by atoms with Crippen molar-refractivity contribution in [3.05, 3.63) is 64.4 Å². The largest absolute Gasteiger partial charge is 0.390 e. The number of pyridine rings is 1. The molecular weight excluding hydrogens is 318 g/mol. The highest BCUT2D eigenvalue weighted by Crippen LogP contribution is 2.24. The lowest BCUT2D eigenvalue weighted by atomic mass is 9.99. The van der Waals surface area contributed by atoms with Gasteiger partial charge in [-0.1, -0.05) is 30.3 Å². The Balaban J connectivity index is 2.13. The molecule has 1 N–H and O–H groups in total. The van der Waals surface area contributed by atoms with E-state index in [0.29, 0.717) is 13.0 Å². The zero-order valence-corrected chi connectivity index (χ0v) is 13.0. The van der Waals surface area contributed by atoms with E-state index in [1.54, 1.807) is 12.4 Å². The minimum atomic E-state index is -0.603. The summed E-state index contributed by atoms with van der Waals surface area (Å²) in [6.45, 7) is 2.50. The number of aromatic nitrogens is 1. The Kier molecular flexibility index (Phi) is 5.71. The molecule has 4 heteroatoms. The summed E-state index contributed by atoms with van der Waals surface area (Å²) in [4.78, 5) is 4.12. The Morgan fingerprint density at radius 2 is 2.00 bits per heavy atom. The zero-order chi connectivity index (χ0) is 14.4. The summed E-state index contributed by atoms with van der Waals surface area (Å²) in [5, 5.41) is 10.5. The zero-order valence-electron chi connectivity index (χ0n) is 11.4. The first kappa shape index (κ1) is 15.2. The molecule has 106 valence electrons. The van der Waals surface area contributed by atoms with Gasteiger partial charge < -0.3 is 9.84 Å². The number of benzene rings is 1. The molecule has 20 heavy (non-hydrogen) atoms. The van der Waals surface area contributed by atoms with Crippen LogP contribution in [-0.4, -0.2) is 22.8 Å². The minimum absolute atomic E-state index is 0.319. The van der Waals surface area contributed by atoms with Gasteiger partial charge in [0.25, 0.3) is 0 Å². The van der Waals surface area contributed by atoms with Crippen molar-refractivity contribution in [1.82, 2.24) is 4.98 Å². The van der Waals surface area contributed by atoms with Crippen molar-refractivity contribution in [2.24, 2.45) is 0 Å². The molecule has 2 rings (SSSR count). The molecule has 0 amide bonds. The quantitative estimate of drug-likeness (QED) is 0.878. The third-order valence-corrected chi connectivity index (χ3v) is 3.46. The minimum Gasteiger partial charge on any atom is -0.390 e. The summed E-state index contributed by atoms with van der Waals surface area (Å²) in [6, 6.07) is 11.8. The molecular formula is C16H18BrNO2. The molecule has 0 saturated heterocycles. The van der Waals surface area contributed by atoms with Gasteiger partial charge in [0.15, 0.2) is 0 Å². The van der Waals surface area contributed by atoms with Crippen molar-refractivity contribution >= 4 is 15.9 Å². The SMILES string of the molecule is CCOC(c1ccccc1)C(O)Cc1cncc(Br)c1. The smallest absolute Gasteiger partial charge is 0.109 e. The van der Waals surface area contributed by atoms with Gasteiger partial charge in [-0.25, -0.2) is 0 Å². The first-order chi connectivity index (χ1) is 9.70. The topological polar surface area (TPSA) is 42.4 Å². The maximum atomic E-state index is 10.5. The third-order valence-electron chi connectivity index (χ3n) is 3.03. The molecule has 2 atom stereocenters. The van der Waals surface area contributed by atoms with E-state index in [4.69, 9.17) is 4.74 Å². The van der Waals surface area contributed by atoms with Crippen LogP contribution < -0.4 is 0 Å². The van der Waals surface area contributed by atoms with E-state index in [2.05, 4.69) is 20.9 Å². The number of aliphatic hydroxyl groups excluding tert-OH is 1. The summed E-state index contributed by atoms with van der Waals surface area (Å²) in [7, 11) is 0. The molecule has 0 aliphatic carbocycles. The Labute approximate surface area is 127 Å². The number of hydrogen-bond donors (Lipinski definition) is 1. The van der Waals surface area contributed by atoms with Crippen LogP contribution in [0.2, 0.25) is 0 Å². The molecule has 0 radical (unpaired) electrons. The van der Waals surface area contributed by atoms with Crippen LogP contribution in [0.25, 0.3) is 0 Å². The molecule has 1 heterocycles. The van der Waals surface area contributed by atoms with E-state index in [0.717, 1.165) is 15.6 Å². The molecule has 0 bridgehead atoms. The third kappa shape index (κ3) is 4.13. The number of nitrogens with zero attached hydrogens (tertiary/aromatic N) is 1. The Hall–Kier alpha value is -1.23. The molecule has 2 unspecified atom stereocenters. The number of ether oxygens (including phenoxy) is 1. The van der Waals surface area contributed by atoms with Gasteiger partial charge in [-0.05, 0) is 40.0 Å². The first-order valence-electron chi connectivity index (χ1n) is 6.64. The molecule has 0 aliphatic rings. The maximum absolute atomic E-state index is 10.5. The average Bonchev–Trinajstić information content (AvgIpc) is 2.45. The maximum Gasteiger partial charge on any atom is 0.109 e. The van der Waals surface area contributed by atoms with Gasteiger partial charge in [-0.3, -0.25) is 4.98 Å². The molecule has 0 fully saturated rings. The van der Waals surface area contributed by atoms with E-state index in [-0.39, 0.29) is 6.10 Å². The summed E-state index contributed by atoms with van der Waals surface area (Å²) < 4.78 is 6.62. The number of hydrogen-bond acceptors (Lipinski definition) is 3. The molecule has 1 aromatic heterocycles. The van der Waals surface area contributed by atoms with Gasteiger partial charge in [0.1, 0.15) is 6.10 Å². The summed E-state index contributed by atoms with van der Waals surface area (Å²) in [5.41, 5.74) is 1.97. The summed E-state index contributed by atoms with van der Waals surface area (Å²) in [5.74, 6) is 0. The van der Waals surface area contributed by atoms with E-state index in [1.165, 1.54) is 0 Å². The van der Waals surface area contributed by atoms with Gasteiger partial charge >= 0.3 is 0 Å². The van der Waals surface area contributed by atoms with Gasteiger partial charge in [-0.2, -0.15) is 0 Å². The van der Waals surface area contributed by atoms with Crippen molar-refractivity contribution in [3.8, 4) is 0 Å². The van der Waals surface area contributed by atoms with Crippen molar-refractivity contribution < 1.29 is 9.84 Å². The van der Waals surface area contributed by atoms with Crippen LogP contribution in [-0.2, 0) is 11.2 Å². The van der Waals surface area contributed by atoms with Crippen LogP contribution in [0.3, 0.4) is 0 Å². The Morgan fingerprint density at radius 1 is 1.25 bits per heavy atom. The van der Waals surface area contributed by atoms with E-state index >= 15 is 0 Å². The van der Waals surface area contributed by atoms with Crippen molar-refractivity contribution in [3.63, 3.8) is 0 Å². The van der Waals surface area contributed by atoms with Crippen LogP contribution in [0, 0.1) is 0 Å². The number of rotatable bonds is 6. The van der Waals surface area contributed by atoms with E-state index in [9.17, 15) is 5.11 Å². The Bertz CT molecular complexity index is 533. The van der Waals surface area contributed by atoms with E-state index in [1.807, 2.05) is 43.3 Å². The van der Waals surface area contributed by atoms with Gasteiger partial charge in [-0.15, -0.1) is 0 Å². The summed E-state index contributed by atoms with van der Waals surface area (Å²) in [6.07, 6.45) is 3.08. The second-order valence-corrected chi connectivity index (χ2v) is 5.49. The average molecular weight is 336 g/mol. The lowest BCUT2D eigenvalue weighted by molar-refractivity contribution is -0.0340. The molecule has 3 nitrogen and oxygen atoms in total. The lowest BCUT2D eigenvalue weighted by Crippen LogP contribution is -2.23. The number of halogens is 1. The second-order valence-electron chi connectivity index (χ2n) is 4.57. The highest BCUT2D eigenvalue weighted by molar-refractivity contribution is 9.10. The predicted octanol–water partition coefficient (Wildman–Crippen LogP) is 3.53. The highest BCUT2D eigenvalue weighted by atomic mass is 79.9. The highest BCUT2D eigenvalue weighted by Gasteiger charge is 2.21. The molecule has 1 aromatic carbocycles. The van der Waals surface area contributed by atoms with Gasteiger partial charge in [0.05, 0.1) is 6.10 Å². The fourth-order valence-electron chi connectivity index (χ4n) is 2.17. The number of aliphatic hydroxyl groups is 1. The van der Waals surface area contributed by atoms with Crippen LogP contribution in [0.15, 0.2) is 53.3 Å². The normalized spacial score (nSPS) is 13.9. The van der Waals surface area contributed by atoms with Gasteiger partial charge in [0.2, 0.25) is 0 Å². The molecule has 2 aromatic rings. The van der Waals surface area contributed by atoms with Crippen LogP contribution in [0.4, 0.5) is 0 Å². The van der Waals surface area contributed by atoms with Crippen molar-refractivity contribution in [1.29, 1.82) is 0 Å². The summed E-state index contributed by atoms with van der Waals surface area (Å²) >= 11 is 3.39. The first-order valence-corrected chi connectivity index (χ1v) is 7.44. The van der Waals surface area contributed by atoms with Crippen molar-refractivity contribution in [2.45, 2.75) is 25.6 Å². The molecule has 0 saturated carbocycles. The second kappa shape index (κ2) is 7.53. The van der Waals surface area contributed by atoms with Crippen LogP contribution >= 0.6 is 15.9 Å². The predicted molar refractivity (Wildman–Crippen MR) is 82.5 cm³/mol.